The second kappa shape index (κ2) is 7.83. The molecule has 0 radical (unpaired) electrons. The lowest BCUT2D eigenvalue weighted by Crippen LogP contribution is -2.51. The Morgan fingerprint density at radius 2 is 1.87 bits per heavy atom. The monoisotopic (exact) mass is 448 g/mol. The number of halogens is 3. The highest BCUT2D eigenvalue weighted by Crippen LogP contribution is 2.35. The number of nitrogens with zero attached hydrogens (tertiary/aromatic N) is 3. The summed E-state index contributed by atoms with van der Waals surface area (Å²) in [6, 6.07) is 3.94. The summed E-state index contributed by atoms with van der Waals surface area (Å²) in [6.07, 6.45) is -4.01. The molecule has 0 aromatic heterocycles. The average molecular weight is 449 g/mol. The lowest BCUT2D eigenvalue weighted by Gasteiger charge is -2.37. The second-order valence-electron chi connectivity index (χ2n) is 8.14. The highest BCUT2D eigenvalue weighted by Gasteiger charge is 2.48. The van der Waals surface area contributed by atoms with E-state index in [2.05, 4.69) is 15.6 Å². The van der Waals surface area contributed by atoms with Crippen LogP contribution in [0.5, 0.6) is 0 Å². The van der Waals surface area contributed by atoms with Crippen LogP contribution in [0.4, 0.5) is 24.5 Å². The number of para-hydroxylation sites is 1. The van der Waals surface area contributed by atoms with Crippen LogP contribution in [0.25, 0.3) is 0 Å². The predicted octanol–water partition coefficient (Wildman–Crippen LogP) is 1.44. The molecular formula is C18H27F3N6O2S. The molecule has 1 aromatic rings. The van der Waals surface area contributed by atoms with Crippen molar-refractivity contribution in [3.05, 3.63) is 23.8 Å². The van der Waals surface area contributed by atoms with Crippen molar-refractivity contribution in [2.45, 2.75) is 49.4 Å². The van der Waals surface area contributed by atoms with Gasteiger partial charge in [-0.15, -0.1) is 0 Å². The number of likely N-dealkylation sites (tertiary alicyclic amines) is 1. The molecule has 0 spiro atoms. The first-order valence-electron chi connectivity index (χ1n) is 9.97. The van der Waals surface area contributed by atoms with E-state index in [1.54, 1.807) is 18.1 Å². The molecule has 4 rings (SSSR count). The van der Waals surface area contributed by atoms with Gasteiger partial charge in [0.15, 0.2) is 0 Å². The van der Waals surface area contributed by atoms with E-state index >= 15 is 0 Å². The van der Waals surface area contributed by atoms with Crippen LogP contribution in [0.1, 0.15) is 24.8 Å². The largest absolute Gasteiger partial charge is 0.405 e. The maximum atomic E-state index is 13.0. The Hall–Kier alpha value is -1.60. The molecule has 1 aromatic carbocycles. The molecular weight excluding hydrogens is 421 g/mol. The Morgan fingerprint density at radius 1 is 1.17 bits per heavy atom. The predicted molar refractivity (Wildman–Crippen MR) is 108 cm³/mol. The van der Waals surface area contributed by atoms with Crippen molar-refractivity contribution in [1.82, 2.24) is 20.8 Å². The SMILES string of the molecule is CN1NCc2cccc(NS(=O)(=O)C3CCN(C4CC(C(F)(F)F)NN4C)CC3)c21. The smallest absolute Gasteiger partial charge is 0.309 e. The van der Waals surface area contributed by atoms with Gasteiger partial charge in [-0.05, 0) is 24.5 Å². The molecule has 12 heteroatoms. The first-order chi connectivity index (χ1) is 14.1. The Bertz CT molecular complexity index is 888. The summed E-state index contributed by atoms with van der Waals surface area (Å²) in [4.78, 5) is 1.93. The third-order valence-corrected chi connectivity index (χ3v) is 8.05. The molecule has 3 N–H and O–H groups in total. The highest BCUT2D eigenvalue weighted by atomic mass is 32.2. The molecule has 2 fully saturated rings. The minimum absolute atomic E-state index is 0.0643. The van der Waals surface area contributed by atoms with E-state index in [9.17, 15) is 21.6 Å². The number of anilines is 2. The molecule has 2 unspecified atom stereocenters. The van der Waals surface area contributed by atoms with Crippen LogP contribution in [0, 0.1) is 0 Å². The van der Waals surface area contributed by atoms with E-state index in [4.69, 9.17) is 0 Å². The van der Waals surface area contributed by atoms with Crippen LogP contribution in [0.3, 0.4) is 0 Å². The van der Waals surface area contributed by atoms with Gasteiger partial charge in [-0.1, -0.05) is 12.1 Å². The van der Waals surface area contributed by atoms with E-state index in [1.807, 2.05) is 24.1 Å². The van der Waals surface area contributed by atoms with Crippen molar-refractivity contribution in [3.63, 3.8) is 0 Å². The Morgan fingerprint density at radius 3 is 2.50 bits per heavy atom. The molecule has 0 amide bonds. The molecule has 168 valence electrons. The Labute approximate surface area is 174 Å². The molecule has 0 aliphatic carbocycles. The summed E-state index contributed by atoms with van der Waals surface area (Å²) in [5.74, 6) is 0. The van der Waals surface area contributed by atoms with Gasteiger partial charge in [0.25, 0.3) is 0 Å². The number of piperidine rings is 1. The van der Waals surface area contributed by atoms with E-state index in [1.165, 1.54) is 5.01 Å². The van der Waals surface area contributed by atoms with Crippen LogP contribution in [0.15, 0.2) is 18.2 Å². The van der Waals surface area contributed by atoms with Gasteiger partial charge in [-0.2, -0.15) is 13.2 Å². The van der Waals surface area contributed by atoms with Gasteiger partial charge in [0.2, 0.25) is 10.0 Å². The van der Waals surface area contributed by atoms with Crippen molar-refractivity contribution in [2.24, 2.45) is 0 Å². The number of hydrogen-bond donors (Lipinski definition) is 3. The number of nitrogens with one attached hydrogen (secondary N) is 3. The zero-order chi connectivity index (χ0) is 21.7. The molecule has 3 heterocycles. The summed E-state index contributed by atoms with van der Waals surface area (Å²) in [6.45, 7) is 1.50. The van der Waals surface area contributed by atoms with Crippen molar-refractivity contribution in [2.75, 3.05) is 36.9 Å². The summed E-state index contributed by atoms with van der Waals surface area (Å²) >= 11 is 0. The molecule has 2 saturated heterocycles. The molecule has 0 bridgehead atoms. The standard InChI is InChI=1S/C18H27F3N6O2S/c1-25-16(10-15(23-25)18(19,20)21)27-8-6-13(7-9-27)30(28,29)24-14-5-3-4-12-11-22-26(2)17(12)14/h3-5,13,15-16,22-24H,6-11H2,1-2H3. The Balaban J connectivity index is 1.39. The maximum Gasteiger partial charge on any atom is 0.405 e. The average Bonchev–Trinajstić information content (AvgIpc) is 3.25. The number of benzene rings is 1. The highest BCUT2D eigenvalue weighted by molar-refractivity contribution is 7.93. The van der Waals surface area contributed by atoms with Gasteiger partial charge in [-0.25, -0.2) is 24.3 Å². The normalized spacial score (nSPS) is 26.9. The molecule has 2 atom stereocenters. The number of fused-ring (bicyclic) bond motifs is 1. The van der Waals surface area contributed by atoms with Crippen molar-refractivity contribution in [3.8, 4) is 0 Å². The van der Waals surface area contributed by atoms with Crippen LogP contribution >= 0.6 is 0 Å². The third kappa shape index (κ3) is 4.11. The maximum absolute atomic E-state index is 13.0. The van der Waals surface area contributed by atoms with E-state index in [0.717, 1.165) is 11.3 Å². The molecule has 8 nitrogen and oxygen atoms in total. The summed E-state index contributed by atoms with van der Waals surface area (Å²) < 4.78 is 67.8. The number of alkyl halides is 3. The van der Waals surface area contributed by atoms with Gasteiger partial charge in [0.1, 0.15) is 6.04 Å². The molecule has 3 aliphatic rings. The topological polar surface area (TPSA) is 79.9 Å². The minimum atomic E-state index is -4.30. The fraction of sp³-hybridized carbons (Fsp3) is 0.667. The van der Waals surface area contributed by atoms with E-state index < -0.39 is 33.7 Å². The lowest BCUT2D eigenvalue weighted by molar-refractivity contribution is -0.156. The third-order valence-electron chi connectivity index (χ3n) is 6.20. The van der Waals surface area contributed by atoms with Gasteiger partial charge in [0.05, 0.1) is 22.8 Å². The number of hydrazine groups is 2. The molecule has 0 saturated carbocycles. The Kier molecular flexibility index (Phi) is 5.64. The number of rotatable bonds is 4. The summed E-state index contributed by atoms with van der Waals surface area (Å²) in [7, 11) is -0.182. The minimum Gasteiger partial charge on any atom is -0.309 e. The van der Waals surface area contributed by atoms with Gasteiger partial charge in [-0.3, -0.25) is 9.62 Å². The first kappa shape index (κ1) is 21.6. The van der Waals surface area contributed by atoms with Gasteiger partial charge >= 0.3 is 6.18 Å². The first-order valence-corrected chi connectivity index (χ1v) is 11.5. The second-order valence-corrected chi connectivity index (χ2v) is 10.1. The zero-order valence-corrected chi connectivity index (χ0v) is 17.7. The van der Waals surface area contributed by atoms with Crippen LogP contribution in [-0.4, -0.2) is 69.1 Å². The van der Waals surface area contributed by atoms with Crippen molar-refractivity contribution >= 4 is 21.4 Å². The molecule has 30 heavy (non-hydrogen) atoms. The van der Waals surface area contributed by atoms with Gasteiger partial charge < -0.3 is 5.01 Å². The lowest BCUT2D eigenvalue weighted by atomic mass is 10.1. The van der Waals surface area contributed by atoms with Crippen LogP contribution in [-0.2, 0) is 16.6 Å². The summed E-state index contributed by atoms with van der Waals surface area (Å²) in [5.41, 5.74) is 7.99. The van der Waals surface area contributed by atoms with E-state index in [0.29, 0.717) is 38.2 Å². The van der Waals surface area contributed by atoms with Crippen LogP contribution < -0.4 is 20.6 Å². The van der Waals surface area contributed by atoms with Gasteiger partial charge in [0, 0.05) is 40.2 Å². The quantitative estimate of drug-likeness (QED) is 0.643. The number of sulfonamides is 1. The van der Waals surface area contributed by atoms with Crippen molar-refractivity contribution < 1.29 is 21.6 Å². The summed E-state index contributed by atoms with van der Waals surface area (Å²) in [5, 5.41) is 2.71. The fourth-order valence-electron chi connectivity index (χ4n) is 4.57. The number of hydrogen-bond acceptors (Lipinski definition) is 7. The van der Waals surface area contributed by atoms with Crippen molar-refractivity contribution in [1.29, 1.82) is 0 Å². The molecule has 3 aliphatic heterocycles. The fourth-order valence-corrected chi connectivity index (χ4v) is 6.04. The van der Waals surface area contributed by atoms with E-state index in [-0.39, 0.29) is 6.42 Å². The van der Waals surface area contributed by atoms with Crippen LogP contribution in [0.2, 0.25) is 0 Å². The zero-order valence-electron chi connectivity index (χ0n) is 16.9.